The lowest BCUT2D eigenvalue weighted by atomic mass is 9.92. The highest BCUT2D eigenvalue weighted by atomic mass is 16.5. The molecule has 0 amide bonds. The SMILES string of the molecule is CC#CCOC1CCCCC1NC. The highest BCUT2D eigenvalue weighted by Gasteiger charge is 2.23. The lowest BCUT2D eigenvalue weighted by Crippen LogP contribution is -2.41. The molecule has 1 saturated carbocycles. The van der Waals surface area contributed by atoms with Gasteiger partial charge in [-0.05, 0) is 26.8 Å². The Morgan fingerprint density at radius 2 is 2.15 bits per heavy atom. The van der Waals surface area contributed by atoms with Crippen molar-refractivity contribution in [2.75, 3.05) is 13.7 Å². The van der Waals surface area contributed by atoms with Crippen LogP contribution in [-0.4, -0.2) is 25.8 Å². The Morgan fingerprint density at radius 3 is 2.85 bits per heavy atom. The van der Waals surface area contributed by atoms with Crippen LogP contribution in [-0.2, 0) is 4.74 Å². The Labute approximate surface area is 81.0 Å². The third-order valence-corrected chi connectivity index (χ3v) is 2.62. The first-order valence-corrected chi connectivity index (χ1v) is 5.07. The third-order valence-electron chi connectivity index (χ3n) is 2.62. The molecule has 0 saturated heterocycles. The highest BCUT2D eigenvalue weighted by molar-refractivity contribution is 4.95. The minimum Gasteiger partial charge on any atom is -0.364 e. The molecule has 74 valence electrons. The predicted molar refractivity (Wildman–Crippen MR) is 54.5 cm³/mol. The molecule has 13 heavy (non-hydrogen) atoms. The van der Waals surface area contributed by atoms with E-state index in [9.17, 15) is 0 Å². The van der Waals surface area contributed by atoms with Crippen molar-refractivity contribution in [3.8, 4) is 11.8 Å². The second kappa shape index (κ2) is 6.01. The van der Waals surface area contributed by atoms with Crippen LogP contribution in [0, 0.1) is 11.8 Å². The third kappa shape index (κ3) is 3.38. The summed E-state index contributed by atoms with van der Waals surface area (Å²) in [4.78, 5) is 0. The minimum atomic E-state index is 0.375. The Kier molecular flexibility index (Phi) is 4.88. The van der Waals surface area contributed by atoms with Gasteiger partial charge in [0, 0.05) is 6.04 Å². The fraction of sp³-hybridized carbons (Fsp3) is 0.818. The molecule has 0 aliphatic heterocycles. The molecule has 2 atom stereocenters. The summed E-state index contributed by atoms with van der Waals surface area (Å²) in [5.74, 6) is 5.78. The molecule has 1 rings (SSSR count). The molecule has 0 aromatic rings. The molecule has 0 aromatic heterocycles. The molecular weight excluding hydrogens is 162 g/mol. The monoisotopic (exact) mass is 181 g/mol. The number of rotatable bonds is 3. The van der Waals surface area contributed by atoms with E-state index in [-0.39, 0.29) is 0 Å². The maximum absolute atomic E-state index is 5.69. The molecule has 0 bridgehead atoms. The fourth-order valence-electron chi connectivity index (χ4n) is 1.85. The summed E-state index contributed by atoms with van der Waals surface area (Å²) >= 11 is 0. The van der Waals surface area contributed by atoms with E-state index in [1.165, 1.54) is 25.7 Å². The van der Waals surface area contributed by atoms with Crippen molar-refractivity contribution in [1.29, 1.82) is 0 Å². The molecule has 1 N–H and O–H groups in total. The second-order valence-electron chi connectivity index (χ2n) is 3.46. The first-order valence-electron chi connectivity index (χ1n) is 5.07. The molecule has 0 heterocycles. The minimum absolute atomic E-state index is 0.375. The van der Waals surface area contributed by atoms with Gasteiger partial charge in [-0.15, -0.1) is 5.92 Å². The van der Waals surface area contributed by atoms with Gasteiger partial charge >= 0.3 is 0 Å². The van der Waals surface area contributed by atoms with Crippen molar-refractivity contribution in [3.63, 3.8) is 0 Å². The van der Waals surface area contributed by atoms with E-state index in [4.69, 9.17) is 4.74 Å². The van der Waals surface area contributed by atoms with Gasteiger partial charge in [0.2, 0.25) is 0 Å². The van der Waals surface area contributed by atoms with Crippen molar-refractivity contribution < 1.29 is 4.74 Å². The molecule has 0 aromatic carbocycles. The normalized spacial score (nSPS) is 27.8. The number of ether oxygens (including phenoxy) is 1. The maximum Gasteiger partial charge on any atom is 0.108 e. The summed E-state index contributed by atoms with van der Waals surface area (Å²) in [6.45, 7) is 2.43. The van der Waals surface area contributed by atoms with Crippen LogP contribution in [0.4, 0.5) is 0 Å². The van der Waals surface area contributed by atoms with Crippen LogP contribution < -0.4 is 5.32 Å². The zero-order valence-electron chi connectivity index (χ0n) is 8.60. The second-order valence-corrected chi connectivity index (χ2v) is 3.46. The number of likely N-dealkylation sites (N-methyl/N-ethyl adjacent to an activating group) is 1. The Balaban J connectivity index is 2.30. The van der Waals surface area contributed by atoms with Crippen molar-refractivity contribution in [1.82, 2.24) is 5.32 Å². The van der Waals surface area contributed by atoms with Crippen LogP contribution in [0.15, 0.2) is 0 Å². The molecule has 2 nitrogen and oxygen atoms in total. The molecule has 0 spiro atoms. The zero-order valence-corrected chi connectivity index (χ0v) is 8.60. The standard InChI is InChI=1S/C11H19NO/c1-3-4-9-13-11-8-6-5-7-10(11)12-2/h10-12H,5-9H2,1-2H3. The largest absolute Gasteiger partial charge is 0.364 e. The van der Waals surface area contributed by atoms with E-state index in [1.54, 1.807) is 0 Å². The van der Waals surface area contributed by atoms with Crippen molar-refractivity contribution in [3.05, 3.63) is 0 Å². The summed E-state index contributed by atoms with van der Waals surface area (Å²) in [5.41, 5.74) is 0. The van der Waals surface area contributed by atoms with E-state index in [2.05, 4.69) is 17.2 Å². The van der Waals surface area contributed by atoms with Gasteiger partial charge in [-0.2, -0.15) is 0 Å². The first-order chi connectivity index (χ1) is 6.38. The highest BCUT2D eigenvalue weighted by Crippen LogP contribution is 2.20. The lowest BCUT2D eigenvalue weighted by molar-refractivity contribution is 0.0258. The summed E-state index contributed by atoms with van der Waals surface area (Å²) in [7, 11) is 2.01. The number of hydrogen-bond acceptors (Lipinski definition) is 2. The molecule has 2 unspecified atom stereocenters. The van der Waals surface area contributed by atoms with Crippen LogP contribution >= 0.6 is 0 Å². The topological polar surface area (TPSA) is 21.3 Å². The predicted octanol–water partition coefficient (Wildman–Crippen LogP) is 1.56. The Bertz CT molecular complexity index is 192. The molecule has 1 fully saturated rings. The van der Waals surface area contributed by atoms with Crippen LogP contribution in [0.1, 0.15) is 32.6 Å². The van der Waals surface area contributed by atoms with Gasteiger partial charge in [0.25, 0.3) is 0 Å². The van der Waals surface area contributed by atoms with Crippen molar-refractivity contribution in [2.24, 2.45) is 0 Å². The van der Waals surface area contributed by atoms with Gasteiger partial charge in [-0.1, -0.05) is 18.8 Å². The van der Waals surface area contributed by atoms with Crippen molar-refractivity contribution >= 4 is 0 Å². The summed E-state index contributed by atoms with van der Waals surface area (Å²) in [5, 5.41) is 3.31. The average Bonchev–Trinajstić information content (AvgIpc) is 2.19. The van der Waals surface area contributed by atoms with Crippen LogP contribution in [0.2, 0.25) is 0 Å². The summed E-state index contributed by atoms with van der Waals surface area (Å²) in [6, 6.07) is 0.535. The Hall–Kier alpha value is -0.520. The van der Waals surface area contributed by atoms with Gasteiger partial charge in [0.15, 0.2) is 0 Å². The maximum atomic E-state index is 5.69. The van der Waals surface area contributed by atoms with E-state index in [0.717, 1.165) is 0 Å². The number of nitrogens with one attached hydrogen (secondary N) is 1. The zero-order chi connectivity index (χ0) is 9.52. The van der Waals surface area contributed by atoms with Gasteiger partial charge in [0.05, 0.1) is 6.10 Å². The van der Waals surface area contributed by atoms with E-state index < -0.39 is 0 Å². The summed E-state index contributed by atoms with van der Waals surface area (Å²) < 4.78 is 5.69. The van der Waals surface area contributed by atoms with Gasteiger partial charge in [-0.3, -0.25) is 0 Å². The average molecular weight is 181 g/mol. The number of hydrogen-bond donors (Lipinski definition) is 1. The molecule has 2 heteroatoms. The first kappa shape index (κ1) is 10.6. The molecule has 0 radical (unpaired) electrons. The smallest absolute Gasteiger partial charge is 0.108 e. The Morgan fingerprint density at radius 1 is 1.38 bits per heavy atom. The van der Waals surface area contributed by atoms with E-state index >= 15 is 0 Å². The van der Waals surface area contributed by atoms with E-state index in [1.807, 2.05) is 14.0 Å². The van der Waals surface area contributed by atoms with Crippen LogP contribution in [0.5, 0.6) is 0 Å². The van der Waals surface area contributed by atoms with Gasteiger partial charge < -0.3 is 10.1 Å². The van der Waals surface area contributed by atoms with Crippen LogP contribution in [0.25, 0.3) is 0 Å². The lowest BCUT2D eigenvalue weighted by Gasteiger charge is -2.30. The quantitative estimate of drug-likeness (QED) is 0.667. The van der Waals surface area contributed by atoms with Crippen molar-refractivity contribution in [2.45, 2.75) is 44.8 Å². The van der Waals surface area contributed by atoms with Gasteiger partial charge in [0.1, 0.15) is 6.61 Å². The fourth-order valence-corrected chi connectivity index (χ4v) is 1.85. The van der Waals surface area contributed by atoms with Crippen LogP contribution in [0.3, 0.4) is 0 Å². The van der Waals surface area contributed by atoms with Gasteiger partial charge in [-0.25, -0.2) is 0 Å². The summed E-state index contributed by atoms with van der Waals surface area (Å²) in [6.07, 6.45) is 5.41. The van der Waals surface area contributed by atoms with E-state index in [0.29, 0.717) is 18.8 Å². The molecular formula is C11H19NO. The molecule has 1 aliphatic rings. The molecule has 1 aliphatic carbocycles.